The molecule has 3 rings (SSSR count). The van der Waals surface area contributed by atoms with Gasteiger partial charge >= 0.3 is 6.03 Å². The zero-order valence-corrected chi connectivity index (χ0v) is 15.8. The molecule has 2 aromatic rings. The van der Waals surface area contributed by atoms with Gasteiger partial charge in [0, 0.05) is 25.2 Å². The van der Waals surface area contributed by atoms with Crippen LogP contribution in [0.1, 0.15) is 43.2 Å². The summed E-state index contributed by atoms with van der Waals surface area (Å²) in [6, 6.07) is 13.0. The first-order chi connectivity index (χ1) is 13.6. The van der Waals surface area contributed by atoms with Crippen molar-refractivity contribution in [2.45, 2.75) is 45.2 Å². The normalized spacial score (nSPS) is 13.9. The molecule has 0 bridgehead atoms. The average Bonchev–Trinajstić information content (AvgIpc) is 3.20. The van der Waals surface area contributed by atoms with E-state index in [1.54, 1.807) is 24.3 Å². The van der Waals surface area contributed by atoms with E-state index in [9.17, 15) is 14.0 Å². The van der Waals surface area contributed by atoms with Crippen molar-refractivity contribution in [1.29, 1.82) is 0 Å². The van der Waals surface area contributed by atoms with E-state index < -0.39 is 0 Å². The van der Waals surface area contributed by atoms with Crippen LogP contribution < -0.4 is 16.0 Å². The van der Waals surface area contributed by atoms with Crippen LogP contribution in [-0.2, 0) is 17.9 Å². The maximum absolute atomic E-state index is 12.9. The van der Waals surface area contributed by atoms with Crippen LogP contribution in [-0.4, -0.2) is 11.9 Å². The predicted octanol–water partition coefficient (Wildman–Crippen LogP) is 4.34. The number of amides is 3. The van der Waals surface area contributed by atoms with E-state index in [1.807, 2.05) is 12.1 Å². The number of urea groups is 1. The Hall–Kier alpha value is -2.89. The molecular formula is C22H26FN3O2. The summed E-state index contributed by atoms with van der Waals surface area (Å²) in [5, 5.41) is 8.44. The zero-order chi connectivity index (χ0) is 19.8. The number of carbonyl (C=O) groups is 2. The maximum Gasteiger partial charge on any atom is 0.319 e. The largest absolute Gasteiger partial charge is 0.352 e. The van der Waals surface area contributed by atoms with E-state index in [2.05, 4.69) is 16.0 Å². The molecule has 148 valence electrons. The third kappa shape index (κ3) is 6.37. The van der Waals surface area contributed by atoms with Crippen molar-refractivity contribution in [2.24, 2.45) is 5.92 Å². The van der Waals surface area contributed by atoms with Crippen molar-refractivity contribution in [2.75, 3.05) is 5.32 Å². The van der Waals surface area contributed by atoms with Crippen molar-refractivity contribution >= 4 is 17.6 Å². The van der Waals surface area contributed by atoms with E-state index in [1.165, 1.54) is 25.0 Å². The quantitative estimate of drug-likeness (QED) is 0.665. The maximum atomic E-state index is 12.9. The van der Waals surface area contributed by atoms with Gasteiger partial charge in [0.05, 0.1) is 0 Å². The van der Waals surface area contributed by atoms with Crippen LogP contribution in [0.25, 0.3) is 0 Å². The van der Waals surface area contributed by atoms with E-state index in [4.69, 9.17) is 0 Å². The summed E-state index contributed by atoms with van der Waals surface area (Å²) in [6.45, 7) is 0.805. The van der Waals surface area contributed by atoms with Crippen molar-refractivity contribution in [1.82, 2.24) is 10.6 Å². The van der Waals surface area contributed by atoms with Gasteiger partial charge < -0.3 is 16.0 Å². The second-order valence-electron chi connectivity index (χ2n) is 7.26. The molecule has 2 aromatic carbocycles. The summed E-state index contributed by atoms with van der Waals surface area (Å²) in [4.78, 5) is 24.0. The molecule has 1 aliphatic carbocycles. The zero-order valence-electron chi connectivity index (χ0n) is 15.8. The van der Waals surface area contributed by atoms with Gasteiger partial charge in [0.15, 0.2) is 0 Å². The fourth-order valence-corrected chi connectivity index (χ4v) is 3.42. The lowest BCUT2D eigenvalue weighted by Gasteiger charge is -2.11. The number of anilines is 1. The standard InChI is InChI=1S/C22H26FN3O2/c23-19-9-5-17(6-10-19)15-25-22(28)26-20-11-7-18(8-12-20)14-24-21(27)13-16-3-1-2-4-16/h5-12,16H,1-4,13-15H2,(H,24,27)(H2,25,26,28). The minimum Gasteiger partial charge on any atom is -0.352 e. The van der Waals surface area contributed by atoms with Crippen molar-refractivity contribution in [3.8, 4) is 0 Å². The molecule has 0 spiro atoms. The van der Waals surface area contributed by atoms with Crippen molar-refractivity contribution in [3.05, 3.63) is 65.5 Å². The van der Waals surface area contributed by atoms with Crippen LogP contribution in [0.15, 0.2) is 48.5 Å². The summed E-state index contributed by atoms with van der Waals surface area (Å²) < 4.78 is 12.9. The first kappa shape index (κ1) is 19.9. The molecule has 5 nitrogen and oxygen atoms in total. The van der Waals surface area contributed by atoms with Gasteiger partial charge in [0.2, 0.25) is 5.91 Å². The first-order valence-corrected chi connectivity index (χ1v) is 9.73. The van der Waals surface area contributed by atoms with Gasteiger partial charge in [-0.05, 0) is 54.2 Å². The molecule has 1 saturated carbocycles. The van der Waals surface area contributed by atoms with Crippen LogP contribution in [0, 0.1) is 11.7 Å². The number of nitrogens with one attached hydrogen (secondary N) is 3. The minimum absolute atomic E-state index is 0.106. The van der Waals surface area contributed by atoms with E-state index in [-0.39, 0.29) is 17.8 Å². The van der Waals surface area contributed by atoms with Gasteiger partial charge in [-0.2, -0.15) is 0 Å². The number of carbonyl (C=O) groups excluding carboxylic acids is 2. The summed E-state index contributed by atoms with van der Waals surface area (Å²) >= 11 is 0. The Bertz CT molecular complexity index is 784. The van der Waals surface area contributed by atoms with Crippen molar-refractivity contribution < 1.29 is 14.0 Å². The number of halogens is 1. The van der Waals surface area contributed by atoms with Crippen LogP contribution in [0.5, 0.6) is 0 Å². The lowest BCUT2D eigenvalue weighted by atomic mass is 10.0. The molecule has 3 N–H and O–H groups in total. The number of hydrogen-bond donors (Lipinski definition) is 3. The molecular weight excluding hydrogens is 357 g/mol. The van der Waals surface area contributed by atoms with Gasteiger partial charge in [-0.1, -0.05) is 37.1 Å². The number of hydrogen-bond acceptors (Lipinski definition) is 2. The third-order valence-corrected chi connectivity index (χ3v) is 5.02. The smallest absolute Gasteiger partial charge is 0.319 e. The van der Waals surface area contributed by atoms with Crippen LogP contribution in [0.4, 0.5) is 14.9 Å². The lowest BCUT2D eigenvalue weighted by molar-refractivity contribution is -0.122. The van der Waals surface area contributed by atoms with Crippen LogP contribution in [0.2, 0.25) is 0 Å². The molecule has 0 radical (unpaired) electrons. The predicted molar refractivity (Wildman–Crippen MR) is 107 cm³/mol. The molecule has 0 aliphatic heterocycles. The SMILES string of the molecule is O=C(CC1CCCC1)NCc1ccc(NC(=O)NCc2ccc(F)cc2)cc1. The summed E-state index contributed by atoms with van der Waals surface area (Å²) in [5.74, 6) is 0.345. The molecule has 0 aromatic heterocycles. The van der Waals surface area contributed by atoms with Crippen LogP contribution >= 0.6 is 0 Å². The molecule has 3 amide bonds. The molecule has 0 atom stereocenters. The number of benzene rings is 2. The van der Waals surface area contributed by atoms with E-state index >= 15 is 0 Å². The number of rotatable bonds is 7. The van der Waals surface area contributed by atoms with E-state index in [0.29, 0.717) is 31.1 Å². The Morgan fingerprint density at radius 3 is 2.07 bits per heavy atom. The molecule has 1 fully saturated rings. The highest BCUT2D eigenvalue weighted by atomic mass is 19.1. The fraction of sp³-hybridized carbons (Fsp3) is 0.364. The van der Waals surface area contributed by atoms with Gasteiger partial charge in [0.1, 0.15) is 5.82 Å². The highest BCUT2D eigenvalue weighted by molar-refractivity contribution is 5.89. The molecule has 0 heterocycles. The second-order valence-corrected chi connectivity index (χ2v) is 7.26. The van der Waals surface area contributed by atoms with Crippen molar-refractivity contribution in [3.63, 3.8) is 0 Å². The Morgan fingerprint density at radius 1 is 0.857 bits per heavy atom. The third-order valence-electron chi connectivity index (χ3n) is 5.02. The average molecular weight is 383 g/mol. The summed E-state index contributed by atoms with van der Waals surface area (Å²) in [6.07, 6.45) is 5.43. The fourth-order valence-electron chi connectivity index (χ4n) is 3.42. The lowest BCUT2D eigenvalue weighted by Crippen LogP contribution is -2.28. The summed E-state index contributed by atoms with van der Waals surface area (Å²) in [5.41, 5.74) is 2.47. The summed E-state index contributed by atoms with van der Waals surface area (Å²) in [7, 11) is 0. The second kappa shape index (κ2) is 9.88. The Labute approximate surface area is 164 Å². The minimum atomic E-state index is -0.332. The van der Waals surface area contributed by atoms with Gasteiger partial charge in [0.25, 0.3) is 0 Å². The molecule has 0 saturated heterocycles. The highest BCUT2D eigenvalue weighted by Crippen LogP contribution is 2.27. The molecule has 1 aliphatic rings. The van der Waals surface area contributed by atoms with E-state index in [0.717, 1.165) is 24.0 Å². The van der Waals surface area contributed by atoms with Crippen LogP contribution in [0.3, 0.4) is 0 Å². The highest BCUT2D eigenvalue weighted by Gasteiger charge is 2.18. The molecule has 0 unspecified atom stereocenters. The van der Waals surface area contributed by atoms with Gasteiger partial charge in [-0.25, -0.2) is 9.18 Å². The first-order valence-electron chi connectivity index (χ1n) is 9.73. The topological polar surface area (TPSA) is 70.2 Å². The Morgan fingerprint density at radius 2 is 1.43 bits per heavy atom. The van der Waals surface area contributed by atoms with Gasteiger partial charge in [-0.3, -0.25) is 4.79 Å². The van der Waals surface area contributed by atoms with Gasteiger partial charge in [-0.15, -0.1) is 0 Å². The molecule has 28 heavy (non-hydrogen) atoms. The molecule has 6 heteroatoms. The Kier molecular flexibility index (Phi) is 7.00. The Balaban J connectivity index is 1.38. The monoisotopic (exact) mass is 383 g/mol.